The molecule has 2 aliphatic rings. The molecule has 2 amide bonds. The minimum atomic E-state index is -1.07. The minimum absolute atomic E-state index is 0.0102. The summed E-state index contributed by atoms with van der Waals surface area (Å²) in [5.74, 6) is 0.291. The van der Waals surface area contributed by atoms with E-state index in [1.807, 2.05) is 6.92 Å². The summed E-state index contributed by atoms with van der Waals surface area (Å²) in [7, 11) is 0. The first-order valence-electron chi connectivity index (χ1n) is 18.3. The summed E-state index contributed by atoms with van der Waals surface area (Å²) < 4.78 is 36.0. The average Bonchev–Trinajstić information content (AvgIpc) is 3.73. The molecule has 3 aromatic rings. The molecule has 0 spiro atoms. The lowest BCUT2D eigenvalue weighted by Gasteiger charge is -2.30. The van der Waals surface area contributed by atoms with Crippen molar-refractivity contribution in [2.45, 2.75) is 106 Å². The summed E-state index contributed by atoms with van der Waals surface area (Å²) in [6.07, 6.45) is -1.00. The van der Waals surface area contributed by atoms with E-state index in [-0.39, 0.29) is 28.2 Å². The molecule has 0 unspecified atom stereocenters. The van der Waals surface area contributed by atoms with Crippen molar-refractivity contribution in [1.29, 1.82) is 5.26 Å². The molecular formula is C40H53N5O9. The second-order valence-corrected chi connectivity index (χ2v) is 17.1. The van der Waals surface area contributed by atoms with Crippen LogP contribution in [0.5, 0.6) is 11.6 Å². The summed E-state index contributed by atoms with van der Waals surface area (Å²) in [4.78, 5) is 49.1. The molecule has 1 aliphatic carbocycles. The van der Waals surface area contributed by atoms with Gasteiger partial charge in [-0.05, 0) is 107 Å². The van der Waals surface area contributed by atoms with Crippen molar-refractivity contribution in [2.75, 3.05) is 44.4 Å². The molecule has 1 aromatic carbocycles. The Morgan fingerprint density at radius 3 is 2.02 bits per heavy atom. The van der Waals surface area contributed by atoms with Crippen LogP contribution in [0.15, 0.2) is 24.3 Å². The molecule has 54 heavy (non-hydrogen) atoms. The maximum Gasteiger partial charge on any atom is 0.514 e. The average molecular weight is 748 g/mol. The van der Waals surface area contributed by atoms with Gasteiger partial charge in [0, 0.05) is 42.1 Å². The first-order valence-corrected chi connectivity index (χ1v) is 18.3. The number of rotatable bonds is 8. The van der Waals surface area contributed by atoms with Crippen LogP contribution in [0.1, 0.15) is 91.8 Å². The topological polar surface area (TPSA) is 155 Å². The number of nitrogens with zero attached hydrogens (tertiary/aromatic N) is 5. The molecular weight excluding hydrogens is 694 g/mol. The SMILES string of the molecule is Cc1ccc(OC(=O)OC(C)(C)C)c(C)c1-n1c(N(C(=O)OC(C)(C)C)C(=O)OC(C)(C)C)c(C#N)c2ccc(OCC3(CN4CCOCC4)CC3)nc21. The number of nitriles is 1. The molecule has 0 bridgehead atoms. The van der Waals surface area contributed by atoms with E-state index in [0.29, 0.717) is 47.9 Å². The van der Waals surface area contributed by atoms with Gasteiger partial charge in [-0.3, -0.25) is 9.47 Å². The van der Waals surface area contributed by atoms with Gasteiger partial charge in [-0.15, -0.1) is 0 Å². The van der Waals surface area contributed by atoms with Crippen molar-refractivity contribution in [2.24, 2.45) is 5.41 Å². The zero-order chi connectivity index (χ0) is 39.8. The number of morpholine rings is 1. The Morgan fingerprint density at radius 2 is 1.48 bits per heavy atom. The Bertz CT molecular complexity index is 1920. The Balaban J connectivity index is 1.71. The third kappa shape index (κ3) is 9.62. The van der Waals surface area contributed by atoms with Gasteiger partial charge in [-0.2, -0.15) is 15.1 Å². The largest absolute Gasteiger partial charge is 0.514 e. The number of imide groups is 1. The number of aryl methyl sites for hydroxylation is 1. The zero-order valence-electron chi connectivity index (χ0n) is 33.4. The molecule has 5 rings (SSSR count). The molecule has 1 saturated heterocycles. The number of carbonyl (C=O) groups is 3. The Morgan fingerprint density at radius 1 is 0.889 bits per heavy atom. The molecule has 1 aliphatic heterocycles. The third-order valence-electron chi connectivity index (χ3n) is 8.78. The lowest BCUT2D eigenvalue weighted by molar-refractivity contribution is 0.0203. The van der Waals surface area contributed by atoms with Crippen LogP contribution in [-0.4, -0.2) is 89.1 Å². The van der Waals surface area contributed by atoms with Crippen LogP contribution in [0.2, 0.25) is 0 Å². The van der Waals surface area contributed by atoms with Crippen LogP contribution in [0.4, 0.5) is 20.2 Å². The van der Waals surface area contributed by atoms with Crippen molar-refractivity contribution >= 4 is 35.2 Å². The summed E-state index contributed by atoms with van der Waals surface area (Å²) in [6.45, 7) is 23.2. The van der Waals surface area contributed by atoms with Crippen LogP contribution in [0.3, 0.4) is 0 Å². The highest BCUT2D eigenvalue weighted by molar-refractivity contribution is 6.12. The second-order valence-electron chi connectivity index (χ2n) is 17.1. The number of aromatic nitrogens is 2. The molecule has 292 valence electrons. The normalized spacial score (nSPS) is 16.0. The second kappa shape index (κ2) is 15.1. The van der Waals surface area contributed by atoms with E-state index in [1.165, 1.54) is 4.57 Å². The van der Waals surface area contributed by atoms with Gasteiger partial charge in [0.25, 0.3) is 0 Å². The monoisotopic (exact) mass is 747 g/mol. The van der Waals surface area contributed by atoms with Crippen molar-refractivity contribution < 1.29 is 42.8 Å². The van der Waals surface area contributed by atoms with E-state index < -0.39 is 35.1 Å². The number of ether oxygens (including phenoxy) is 6. The fraction of sp³-hybridized carbons (Fsp3) is 0.575. The quantitative estimate of drug-likeness (QED) is 0.125. The fourth-order valence-electron chi connectivity index (χ4n) is 6.22. The third-order valence-corrected chi connectivity index (χ3v) is 8.78. The summed E-state index contributed by atoms with van der Waals surface area (Å²) in [6, 6.07) is 8.91. The smallest absolute Gasteiger partial charge is 0.477 e. The summed E-state index contributed by atoms with van der Waals surface area (Å²) >= 11 is 0. The number of benzene rings is 1. The van der Waals surface area contributed by atoms with Gasteiger partial charge in [-0.1, -0.05) is 6.07 Å². The Hall–Kier alpha value is -4.87. The molecule has 2 aromatic heterocycles. The van der Waals surface area contributed by atoms with E-state index >= 15 is 0 Å². The number of fused-ring (bicyclic) bond motifs is 1. The predicted octanol–water partition coefficient (Wildman–Crippen LogP) is 8.00. The molecule has 0 atom stereocenters. The lowest BCUT2D eigenvalue weighted by Crippen LogP contribution is -2.45. The number of amides is 2. The van der Waals surface area contributed by atoms with E-state index in [1.54, 1.807) is 93.5 Å². The standard InChI is InChI=1S/C40H53N5O9/c1-25-12-14-29(51-36(48)54-39(9,10)11)26(2)31(25)44-32-27(13-15-30(42-32)50-24-40(16-17-40)23-43-18-20-49-21-19-43)28(22-41)33(44)45(34(46)52-37(3,4)5)35(47)53-38(6,7)8/h12-15H,16-21,23-24H2,1-11H3. The zero-order valence-corrected chi connectivity index (χ0v) is 33.4. The van der Waals surface area contributed by atoms with Gasteiger partial charge < -0.3 is 28.4 Å². The maximum atomic E-state index is 14.1. The van der Waals surface area contributed by atoms with Gasteiger partial charge in [0.15, 0.2) is 11.5 Å². The molecule has 14 heteroatoms. The van der Waals surface area contributed by atoms with Crippen molar-refractivity contribution in [3.05, 3.63) is 41.0 Å². The predicted molar refractivity (Wildman–Crippen MR) is 201 cm³/mol. The van der Waals surface area contributed by atoms with Crippen LogP contribution in [-0.2, 0) is 18.9 Å². The highest BCUT2D eigenvalue weighted by Crippen LogP contribution is 2.47. The number of hydrogen-bond donors (Lipinski definition) is 0. The molecule has 0 radical (unpaired) electrons. The van der Waals surface area contributed by atoms with Crippen LogP contribution in [0, 0.1) is 30.6 Å². The number of carbonyl (C=O) groups excluding carboxylic acids is 3. The van der Waals surface area contributed by atoms with Crippen LogP contribution < -0.4 is 14.4 Å². The van der Waals surface area contributed by atoms with Gasteiger partial charge in [-0.25, -0.2) is 14.4 Å². The van der Waals surface area contributed by atoms with Crippen molar-refractivity contribution in [3.63, 3.8) is 0 Å². The number of anilines is 1. The van der Waals surface area contributed by atoms with Crippen LogP contribution >= 0.6 is 0 Å². The Kier molecular flexibility index (Phi) is 11.3. The highest BCUT2D eigenvalue weighted by atomic mass is 16.7. The van der Waals surface area contributed by atoms with E-state index in [9.17, 15) is 19.6 Å². The highest BCUT2D eigenvalue weighted by Gasteiger charge is 2.45. The fourth-order valence-corrected chi connectivity index (χ4v) is 6.22. The first-order chi connectivity index (χ1) is 25.1. The summed E-state index contributed by atoms with van der Waals surface area (Å²) in [5.41, 5.74) is -1.20. The van der Waals surface area contributed by atoms with E-state index in [4.69, 9.17) is 33.4 Å². The minimum Gasteiger partial charge on any atom is -0.477 e. The summed E-state index contributed by atoms with van der Waals surface area (Å²) in [5, 5.41) is 11.1. The van der Waals surface area contributed by atoms with Crippen LogP contribution in [0.25, 0.3) is 16.7 Å². The molecule has 14 nitrogen and oxygen atoms in total. The molecule has 3 heterocycles. The first kappa shape index (κ1) is 40.3. The molecule has 2 fully saturated rings. The van der Waals surface area contributed by atoms with E-state index in [2.05, 4.69) is 11.0 Å². The van der Waals surface area contributed by atoms with Gasteiger partial charge in [0.1, 0.15) is 34.2 Å². The van der Waals surface area contributed by atoms with Gasteiger partial charge in [0.05, 0.1) is 25.5 Å². The maximum absolute atomic E-state index is 14.1. The van der Waals surface area contributed by atoms with Gasteiger partial charge >= 0.3 is 18.3 Å². The van der Waals surface area contributed by atoms with Gasteiger partial charge in [0.2, 0.25) is 5.88 Å². The van der Waals surface area contributed by atoms with Crippen molar-refractivity contribution in [3.8, 4) is 23.4 Å². The Labute approximate surface area is 317 Å². The molecule has 0 N–H and O–H groups in total. The number of hydrogen-bond acceptors (Lipinski definition) is 12. The number of pyridine rings is 1. The lowest BCUT2D eigenvalue weighted by atomic mass is 10.1. The van der Waals surface area contributed by atoms with E-state index in [0.717, 1.165) is 37.4 Å². The molecule has 1 saturated carbocycles. The van der Waals surface area contributed by atoms with Crippen molar-refractivity contribution in [1.82, 2.24) is 14.5 Å².